The molecule has 1 heterocycles. The number of rotatable bonds is 4. The van der Waals surface area contributed by atoms with Crippen LogP contribution in [0, 0.1) is 17.8 Å². The summed E-state index contributed by atoms with van der Waals surface area (Å²) in [7, 11) is 0. The number of hydrogen-bond donors (Lipinski definition) is 3. The van der Waals surface area contributed by atoms with Gasteiger partial charge >= 0.3 is 5.97 Å². The fraction of sp³-hybridized carbons (Fsp3) is 0.519. The zero-order valence-electron chi connectivity index (χ0n) is 20.7. The van der Waals surface area contributed by atoms with Gasteiger partial charge in [-0.05, 0) is 51.5 Å². The monoisotopic (exact) mass is 484 g/mol. The average Bonchev–Trinajstić information content (AvgIpc) is 2.77. The van der Waals surface area contributed by atoms with Gasteiger partial charge in [-0.15, -0.1) is 6.58 Å². The molecule has 3 aliphatic rings. The van der Waals surface area contributed by atoms with Crippen LogP contribution in [0.3, 0.4) is 0 Å². The minimum absolute atomic E-state index is 0.0471. The highest BCUT2D eigenvalue weighted by atomic mass is 16.5. The van der Waals surface area contributed by atoms with E-state index in [-0.39, 0.29) is 57.8 Å². The van der Waals surface area contributed by atoms with Gasteiger partial charge in [0.05, 0.1) is 12.2 Å². The van der Waals surface area contributed by atoms with Gasteiger partial charge in [-0.25, -0.2) is 0 Å². The number of phenolic OH excluding ortho intramolecular Hbond substituents is 2. The van der Waals surface area contributed by atoms with Crippen LogP contribution in [0.1, 0.15) is 73.7 Å². The highest BCUT2D eigenvalue weighted by Crippen LogP contribution is 2.54. The van der Waals surface area contributed by atoms with Crippen molar-refractivity contribution in [2.75, 3.05) is 6.61 Å². The molecule has 8 heteroatoms. The maximum absolute atomic E-state index is 13.8. The van der Waals surface area contributed by atoms with Gasteiger partial charge in [0.15, 0.2) is 11.5 Å². The van der Waals surface area contributed by atoms with Crippen molar-refractivity contribution in [3.63, 3.8) is 0 Å². The van der Waals surface area contributed by atoms with Crippen LogP contribution in [-0.2, 0) is 19.7 Å². The number of hydrogen-bond acceptors (Lipinski definition) is 8. The minimum atomic E-state index is -1.25. The minimum Gasteiger partial charge on any atom is -0.507 e. The number of aromatic hydroxyl groups is 2. The maximum atomic E-state index is 13.8. The van der Waals surface area contributed by atoms with Gasteiger partial charge in [-0.2, -0.15) is 0 Å². The van der Waals surface area contributed by atoms with Crippen molar-refractivity contribution in [1.82, 2.24) is 0 Å². The number of esters is 1. The molecule has 35 heavy (non-hydrogen) atoms. The van der Waals surface area contributed by atoms with Crippen LogP contribution in [0.4, 0.5) is 0 Å². The standard InChI is InChI=1S/C27H32O8/c1-7-27(6,11-28)21-17(30)9-15-19(23(21)32)24(33)25-20(22(15)31)14-8-12(2)18(34-13(3)29)10-16(14)26(4,5)35-25/h7,9,12,14,16,18,28,30,32H,1,8,10-11H2,2-6H3. The zero-order valence-corrected chi connectivity index (χ0v) is 20.7. The van der Waals surface area contributed by atoms with Crippen molar-refractivity contribution >= 4 is 17.5 Å². The normalized spacial score (nSPS) is 28.7. The van der Waals surface area contributed by atoms with Gasteiger partial charge in [0.1, 0.15) is 23.2 Å². The van der Waals surface area contributed by atoms with Crippen molar-refractivity contribution in [1.29, 1.82) is 0 Å². The lowest BCUT2D eigenvalue weighted by Crippen LogP contribution is -2.53. The Morgan fingerprint density at radius 3 is 2.51 bits per heavy atom. The third-order valence-corrected chi connectivity index (χ3v) is 7.98. The summed E-state index contributed by atoms with van der Waals surface area (Å²) in [5, 5.41) is 31.7. The first-order valence-corrected chi connectivity index (χ1v) is 11.8. The molecule has 4 rings (SSSR count). The molecule has 8 nitrogen and oxygen atoms in total. The topological polar surface area (TPSA) is 130 Å². The molecule has 1 saturated carbocycles. The number of Topliss-reactive ketones (excluding diaryl/α,β-unsaturated/α-hetero) is 2. The van der Waals surface area contributed by atoms with E-state index in [9.17, 15) is 29.7 Å². The summed E-state index contributed by atoms with van der Waals surface area (Å²) in [5.41, 5.74) is -2.29. The van der Waals surface area contributed by atoms with Crippen LogP contribution in [0.5, 0.6) is 11.5 Å². The van der Waals surface area contributed by atoms with E-state index in [1.807, 2.05) is 20.8 Å². The lowest BCUT2D eigenvalue weighted by Gasteiger charge is -2.51. The van der Waals surface area contributed by atoms with Crippen molar-refractivity contribution < 1.29 is 39.2 Å². The molecule has 0 aromatic heterocycles. The molecular weight excluding hydrogens is 452 g/mol. The van der Waals surface area contributed by atoms with Gasteiger partial charge < -0.3 is 24.8 Å². The first-order valence-electron chi connectivity index (χ1n) is 11.8. The average molecular weight is 485 g/mol. The van der Waals surface area contributed by atoms with Gasteiger partial charge in [-0.1, -0.05) is 13.0 Å². The fourth-order valence-corrected chi connectivity index (χ4v) is 5.96. The quantitative estimate of drug-likeness (QED) is 0.437. The first-order chi connectivity index (χ1) is 16.3. The highest BCUT2D eigenvalue weighted by Gasteiger charge is 2.55. The van der Waals surface area contributed by atoms with Crippen LogP contribution in [0.15, 0.2) is 30.1 Å². The molecule has 3 N–H and O–H groups in total. The molecular formula is C27H32O8. The van der Waals surface area contributed by atoms with Crippen molar-refractivity contribution in [2.24, 2.45) is 17.8 Å². The highest BCUT2D eigenvalue weighted by molar-refractivity contribution is 6.28. The first kappa shape index (κ1) is 25.0. The summed E-state index contributed by atoms with van der Waals surface area (Å²) >= 11 is 0. The van der Waals surface area contributed by atoms with Gasteiger partial charge in [0, 0.05) is 35.0 Å². The lowest BCUT2D eigenvalue weighted by molar-refractivity contribution is -0.158. The summed E-state index contributed by atoms with van der Waals surface area (Å²) in [5.74, 6) is -3.14. The third-order valence-electron chi connectivity index (χ3n) is 7.98. The molecule has 1 fully saturated rings. The van der Waals surface area contributed by atoms with E-state index >= 15 is 0 Å². The van der Waals surface area contributed by atoms with E-state index in [4.69, 9.17) is 9.47 Å². The van der Waals surface area contributed by atoms with Crippen LogP contribution < -0.4 is 0 Å². The molecule has 0 bridgehead atoms. The molecule has 5 unspecified atom stereocenters. The zero-order chi connectivity index (χ0) is 26.0. The molecule has 1 aromatic rings. The lowest BCUT2D eigenvalue weighted by atomic mass is 9.61. The number of carbonyl (C=O) groups is 3. The summed E-state index contributed by atoms with van der Waals surface area (Å²) in [4.78, 5) is 39.1. The number of carbonyl (C=O) groups excluding carboxylic acids is 3. The van der Waals surface area contributed by atoms with Crippen LogP contribution >= 0.6 is 0 Å². The number of benzene rings is 1. The number of allylic oxidation sites excluding steroid dienone is 2. The molecule has 188 valence electrons. The second-order valence-electron chi connectivity index (χ2n) is 10.7. The second kappa shape index (κ2) is 8.22. The Balaban J connectivity index is 1.86. The summed E-state index contributed by atoms with van der Waals surface area (Å²) in [6, 6.07) is 1.18. The molecule has 0 saturated heterocycles. The number of phenols is 2. The summed E-state index contributed by atoms with van der Waals surface area (Å²) in [6.45, 7) is 11.7. The summed E-state index contributed by atoms with van der Waals surface area (Å²) in [6.07, 6.45) is 2.03. The second-order valence-corrected chi connectivity index (χ2v) is 10.7. The van der Waals surface area contributed by atoms with Gasteiger partial charge in [-0.3, -0.25) is 14.4 Å². The third kappa shape index (κ3) is 3.66. The Morgan fingerprint density at radius 2 is 1.94 bits per heavy atom. The van der Waals surface area contributed by atoms with Crippen molar-refractivity contribution in [3.8, 4) is 11.5 Å². The molecule has 5 atom stereocenters. The Kier molecular flexibility index (Phi) is 5.87. The number of aliphatic hydroxyl groups is 1. The van der Waals surface area contributed by atoms with Gasteiger partial charge in [0.2, 0.25) is 5.78 Å². The Morgan fingerprint density at radius 1 is 1.29 bits per heavy atom. The van der Waals surface area contributed by atoms with E-state index in [0.29, 0.717) is 12.8 Å². The van der Waals surface area contributed by atoms with Crippen molar-refractivity contribution in [3.05, 3.63) is 46.7 Å². The van der Waals surface area contributed by atoms with E-state index in [0.717, 1.165) is 0 Å². The molecule has 1 aliphatic heterocycles. The smallest absolute Gasteiger partial charge is 0.302 e. The predicted octanol–water partition coefficient (Wildman–Crippen LogP) is 3.57. The SMILES string of the molecule is C=CC(C)(CO)c1c(O)cc2c(c1O)C(=O)C1=C(C2=O)C2CC(C)C(OC(C)=O)CC2C(C)(C)O1. The Bertz CT molecular complexity index is 1180. The maximum Gasteiger partial charge on any atom is 0.302 e. The van der Waals surface area contributed by atoms with Crippen LogP contribution in [0.2, 0.25) is 0 Å². The van der Waals surface area contributed by atoms with Crippen LogP contribution in [0.25, 0.3) is 0 Å². The van der Waals surface area contributed by atoms with E-state index < -0.39 is 40.7 Å². The van der Waals surface area contributed by atoms with Gasteiger partial charge in [0.25, 0.3) is 0 Å². The molecule has 0 radical (unpaired) electrons. The molecule has 1 aromatic carbocycles. The Labute approximate surface area is 204 Å². The largest absolute Gasteiger partial charge is 0.507 e. The van der Waals surface area contributed by atoms with Crippen LogP contribution in [-0.4, -0.2) is 51.2 Å². The van der Waals surface area contributed by atoms with Crippen molar-refractivity contribution in [2.45, 2.75) is 64.6 Å². The number of aliphatic hydroxyl groups excluding tert-OH is 1. The predicted molar refractivity (Wildman–Crippen MR) is 126 cm³/mol. The number of fused-ring (bicyclic) bond motifs is 3. The molecule has 0 amide bonds. The number of ketones is 2. The fourth-order valence-electron chi connectivity index (χ4n) is 5.96. The van der Waals surface area contributed by atoms with E-state index in [2.05, 4.69) is 6.58 Å². The van der Waals surface area contributed by atoms with E-state index in [1.165, 1.54) is 19.1 Å². The Hall–Kier alpha value is -3.13. The van der Waals surface area contributed by atoms with E-state index in [1.54, 1.807) is 6.92 Å². The summed E-state index contributed by atoms with van der Waals surface area (Å²) < 4.78 is 11.7. The number of ether oxygens (including phenoxy) is 2. The molecule has 0 spiro atoms. The molecule has 2 aliphatic carbocycles.